The molecule has 0 unspecified atom stereocenters. The van der Waals surface area contributed by atoms with Crippen LogP contribution in [0.2, 0.25) is 0 Å². The van der Waals surface area contributed by atoms with Crippen LogP contribution in [0.25, 0.3) is 22.8 Å². The second kappa shape index (κ2) is 7.80. The molecule has 3 aromatic carbocycles. The number of carbonyl (C=O) groups is 1. The van der Waals surface area contributed by atoms with Gasteiger partial charge in [0.25, 0.3) is 0 Å². The smallest absolute Gasteiger partial charge is 0.221 e. The molecule has 1 aliphatic rings. The Morgan fingerprint density at radius 2 is 1.55 bits per heavy atom. The molecule has 0 aliphatic heterocycles. The molecule has 144 valence electrons. The molecule has 0 fully saturated rings. The third-order valence-corrected chi connectivity index (χ3v) is 5.10. The van der Waals surface area contributed by atoms with Gasteiger partial charge in [0.05, 0.1) is 0 Å². The van der Waals surface area contributed by atoms with Crippen molar-refractivity contribution in [3.05, 3.63) is 95.6 Å². The molecule has 0 spiro atoms. The summed E-state index contributed by atoms with van der Waals surface area (Å²) in [5.41, 5.74) is 9.12. The number of fused-ring (bicyclic) bond motifs is 3. The van der Waals surface area contributed by atoms with E-state index in [4.69, 9.17) is 0 Å². The van der Waals surface area contributed by atoms with Crippen molar-refractivity contribution in [1.29, 1.82) is 0 Å². The summed E-state index contributed by atoms with van der Waals surface area (Å²) in [5, 5.41) is 2.89. The summed E-state index contributed by atoms with van der Waals surface area (Å²) in [4.78, 5) is 13.6. The lowest BCUT2D eigenvalue weighted by atomic mass is 10.0. The van der Waals surface area contributed by atoms with Crippen molar-refractivity contribution in [1.82, 2.24) is 0 Å². The molecule has 0 radical (unpaired) electrons. The Bertz CT molecular complexity index is 1120. The van der Waals surface area contributed by atoms with Gasteiger partial charge in [-0.05, 0) is 57.7 Å². The van der Waals surface area contributed by atoms with Crippen molar-refractivity contribution < 1.29 is 4.79 Å². The van der Waals surface area contributed by atoms with E-state index in [0.29, 0.717) is 0 Å². The molecule has 1 N–H and O–H groups in total. The Morgan fingerprint density at radius 1 is 0.862 bits per heavy atom. The maximum Gasteiger partial charge on any atom is 0.221 e. The van der Waals surface area contributed by atoms with E-state index in [-0.39, 0.29) is 5.91 Å². The van der Waals surface area contributed by atoms with Crippen LogP contribution in [0.15, 0.2) is 78.9 Å². The summed E-state index contributed by atoms with van der Waals surface area (Å²) in [6, 6.07) is 23.0. The summed E-state index contributed by atoms with van der Waals surface area (Å²) in [6.07, 6.45) is 6.36. The largest absolute Gasteiger partial charge is 0.378 e. The highest BCUT2D eigenvalue weighted by molar-refractivity contribution is 6.03. The van der Waals surface area contributed by atoms with Gasteiger partial charge in [-0.1, -0.05) is 60.7 Å². The van der Waals surface area contributed by atoms with Crippen molar-refractivity contribution >= 4 is 28.9 Å². The fourth-order valence-electron chi connectivity index (χ4n) is 3.70. The number of nitrogens with zero attached hydrogens (tertiary/aromatic N) is 1. The first-order valence-electron chi connectivity index (χ1n) is 9.70. The molecule has 29 heavy (non-hydrogen) atoms. The summed E-state index contributed by atoms with van der Waals surface area (Å²) in [6.45, 7) is 1.53. The number of nitrogens with one attached hydrogen (secondary N) is 1. The zero-order valence-corrected chi connectivity index (χ0v) is 16.9. The topological polar surface area (TPSA) is 32.3 Å². The Morgan fingerprint density at radius 3 is 2.24 bits per heavy atom. The van der Waals surface area contributed by atoms with Crippen LogP contribution >= 0.6 is 0 Å². The zero-order valence-electron chi connectivity index (χ0n) is 16.9. The summed E-state index contributed by atoms with van der Waals surface area (Å²) in [7, 11) is 4.08. The predicted octanol–water partition coefficient (Wildman–Crippen LogP) is 5.84. The van der Waals surface area contributed by atoms with Crippen LogP contribution in [0.1, 0.15) is 23.6 Å². The van der Waals surface area contributed by atoms with Gasteiger partial charge in [-0.15, -0.1) is 0 Å². The lowest BCUT2D eigenvalue weighted by molar-refractivity contribution is -0.114. The second-order valence-electron chi connectivity index (χ2n) is 7.41. The zero-order chi connectivity index (χ0) is 20.4. The molecule has 0 saturated heterocycles. The van der Waals surface area contributed by atoms with Crippen molar-refractivity contribution in [3.63, 3.8) is 0 Å². The first kappa shape index (κ1) is 18.8. The number of carbonyl (C=O) groups excluding carboxylic acids is 1. The summed E-state index contributed by atoms with van der Waals surface area (Å²) >= 11 is 0. The van der Waals surface area contributed by atoms with Gasteiger partial charge in [-0.2, -0.15) is 0 Å². The maximum atomic E-state index is 11.5. The average molecular weight is 380 g/mol. The molecule has 4 rings (SSSR count). The molecule has 0 atom stereocenters. The lowest BCUT2D eigenvalue weighted by Crippen LogP contribution is -2.07. The molecule has 0 aromatic heterocycles. The van der Waals surface area contributed by atoms with E-state index in [9.17, 15) is 4.79 Å². The minimum Gasteiger partial charge on any atom is -0.378 e. The van der Waals surface area contributed by atoms with Crippen molar-refractivity contribution in [3.8, 4) is 11.1 Å². The highest BCUT2D eigenvalue weighted by atomic mass is 16.1. The number of anilines is 2. The normalized spacial score (nSPS) is 13.4. The van der Waals surface area contributed by atoms with Gasteiger partial charge in [0.2, 0.25) is 5.91 Å². The van der Waals surface area contributed by atoms with E-state index in [1.807, 2.05) is 20.2 Å². The number of hydrogen-bond donors (Lipinski definition) is 1. The molecular weight excluding hydrogens is 356 g/mol. The van der Waals surface area contributed by atoms with E-state index in [1.54, 1.807) is 0 Å². The molecule has 0 heterocycles. The van der Waals surface area contributed by atoms with Gasteiger partial charge in [-0.3, -0.25) is 4.79 Å². The fourth-order valence-corrected chi connectivity index (χ4v) is 3.70. The highest BCUT2D eigenvalue weighted by Gasteiger charge is 2.22. The van der Waals surface area contributed by atoms with Crippen molar-refractivity contribution in [2.75, 3.05) is 24.3 Å². The molecule has 3 nitrogen and oxygen atoms in total. The molecule has 1 amide bonds. The van der Waals surface area contributed by atoms with Crippen LogP contribution in [-0.4, -0.2) is 20.0 Å². The van der Waals surface area contributed by atoms with Crippen LogP contribution in [0, 0.1) is 0 Å². The Labute approximate surface area is 172 Å². The number of rotatable bonds is 4. The number of benzene rings is 3. The summed E-state index contributed by atoms with van der Waals surface area (Å²) < 4.78 is 0. The molecule has 0 bridgehead atoms. The van der Waals surface area contributed by atoms with E-state index in [1.165, 1.54) is 34.9 Å². The molecule has 0 saturated carbocycles. The summed E-state index contributed by atoms with van der Waals surface area (Å²) in [5.74, 6) is -0.0629. The van der Waals surface area contributed by atoms with Crippen LogP contribution in [0.3, 0.4) is 0 Å². The Kier molecular flexibility index (Phi) is 5.05. The highest BCUT2D eigenvalue weighted by Crippen LogP contribution is 2.45. The average Bonchev–Trinajstić information content (AvgIpc) is 3.01. The maximum absolute atomic E-state index is 11.5. The first-order chi connectivity index (χ1) is 14.0. The van der Waals surface area contributed by atoms with Crippen molar-refractivity contribution in [2.24, 2.45) is 0 Å². The predicted molar refractivity (Wildman–Crippen MR) is 123 cm³/mol. The lowest BCUT2D eigenvalue weighted by Gasteiger charge is -2.11. The molecule has 3 heteroatoms. The van der Waals surface area contributed by atoms with Crippen LogP contribution in [0.4, 0.5) is 11.4 Å². The second-order valence-corrected chi connectivity index (χ2v) is 7.41. The Hall–Kier alpha value is -3.59. The van der Waals surface area contributed by atoms with Gasteiger partial charge >= 0.3 is 0 Å². The van der Waals surface area contributed by atoms with Gasteiger partial charge in [0, 0.05) is 32.4 Å². The van der Waals surface area contributed by atoms with Gasteiger partial charge in [0.15, 0.2) is 0 Å². The third-order valence-electron chi connectivity index (χ3n) is 5.10. The molecule has 1 aliphatic carbocycles. The SMILES string of the molecule is CC(=O)Nc1ccc2c(c1)/C(=C\C=C/c1ccc(N(C)C)cc1)c1ccccc1-2. The monoisotopic (exact) mass is 380 g/mol. The number of amides is 1. The third kappa shape index (κ3) is 3.85. The molecular formula is C26H24N2O. The Balaban J connectivity index is 1.70. The fraction of sp³-hybridized carbons (Fsp3) is 0.115. The van der Waals surface area contributed by atoms with E-state index < -0.39 is 0 Å². The van der Waals surface area contributed by atoms with E-state index in [2.05, 4.69) is 89.1 Å². The number of allylic oxidation sites excluding steroid dienone is 2. The van der Waals surface area contributed by atoms with Crippen LogP contribution < -0.4 is 10.2 Å². The standard InChI is InChI=1S/C26H24N2O/c1-18(29)27-20-13-16-25-23-9-5-4-8-22(23)24(26(25)17-20)10-6-7-19-11-14-21(15-12-19)28(2)3/h4-17H,1-3H3,(H,27,29)/b7-6-,24-10-. The minimum absolute atomic E-state index is 0.0629. The number of hydrogen-bond acceptors (Lipinski definition) is 2. The van der Waals surface area contributed by atoms with Gasteiger partial charge in [-0.25, -0.2) is 0 Å². The van der Waals surface area contributed by atoms with Gasteiger partial charge in [0.1, 0.15) is 0 Å². The van der Waals surface area contributed by atoms with Crippen LogP contribution in [0.5, 0.6) is 0 Å². The van der Waals surface area contributed by atoms with Crippen molar-refractivity contribution in [2.45, 2.75) is 6.92 Å². The van der Waals surface area contributed by atoms with E-state index >= 15 is 0 Å². The quantitative estimate of drug-likeness (QED) is 0.483. The molecule has 3 aromatic rings. The van der Waals surface area contributed by atoms with Crippen LogP contribution in [-0.2, 0) is 4.79 Å². The first-order valence-corrected chi connectivity index (χ1v) is 9.70. The van der Waals surface area contributed by atoms with Gasteiger partial charge < -0.3 is 10.2 Å². The minimum atomic E-state index is -0.0629. The van der Waals surface area contributed by atoms with E-state index in [0.717, 1.165) is 16.8 Å².